The van der Waals surface area contributed by atoms with Crippen molar-refractivity contribution in [1.82, 2.24) is 15.1 Å². The molecule has 20 heavy (non-hydrogen) atoms. The van der Waals surface area contributed by atoms with Gasteiger partial charge in [0.25, 0.3) is 0 Å². The average molecular weight is 362 g/mol. The molecule has 0 aliphatic rings. The van der Waals surface area contributed by atoms with Crippen LogP contribution in [0.4, 0.5) is 0 Å². The smallest absolute Gasteiger partial charge is 0.0738 e. The Bertz CT molecular complexity index is 406. The van der Waals surface area contributed by atoms with Crippen molar-refractivity contribution in [2.24, 2.45) is 7.05 Å². The summed E-state index contributed by atoms with van der Waals surface area (Å²) < 4.78 is 3.17. The van der Waals surface area contributed by atoms with Crippen molar-refractivity contribution in [3.05, 3.63) is 15.9 Å². The Labute approximate surface area is 136 Å². The van der Waals surface area contributed by atoms with E-state index in [2.05, 4.69) is 65.8 Å². The van der Waals surface area contributed by atoms with Gasteiger partial charge in [-0.15, -0.1) is 0 Å². The molecule has 0 aromatic carbocycles. The Morgan fingerprint density at radius 1 is 1.40 bits per heavy atom. The van der Waals surface area contributed by atoms with E-state index in [1.807, 2.05) is 11.7 Å². The molecule has 0 saturated carbocycles. The second kappa shape index (κ2) is 9.11. The van der Waals surface area contributed by atoms with E-state index >= 15 is 0 Å². The van der Waals surface area contributed by atoms with E-state index in [4.69, 9.17) is 0 Å². The fourth-order valence-electron chi connectivity index (χ4n) is 2.07. The van der Waals surface area contributed by atoms with Crippen molar-refractivity contribution in [2.45, 2.75) is 58.2 Å². The van der Waals surface area contributed by atoms with Gasteiger partial charge in [0, 0.05) is 30.5 Å². The minimum Gasteiger partial charge on any atom is -0.313 e. The molecule has 116 valence electrons. The maximum absolute atomic E-state index is 4.49. The molecule has 0 saturated heterocycles. The SMILES string of the molecule is CCCNC(CSC(C)CC)Cc1c(Br)c(C)nn1C. The minimum atomic E-state index is 0.514. The molecule has 1 rings (SSSR count). The van der Waals surface area contributed by atoms with Crippen LogP contribution < -0.4 is 5.32 Å². The lowest BCUT2D eigenvalue weighted by atomic mass is 10.1. The molecule has 1 heterocycles. The summed E-state index contributed by atoms with van der Waals surface area (Å²) in [6.07, 6.45) is 3.44. The first kappa shape index (κ1) is 18.1. The molecule has 2 unspecified atom stereocenters. The molecule has 1 aromatic heterocycles. The predicted octanol–water partition coefficient (Wildman–Crippen LogP) is 3.93. The Morgan fingerprint density at radius 3 is 2.60 bits per heavy atom. The predicted molar refractivity (Wildman–Crippen MR) is 93.6 cm³/mol. The average Bonchev–Trinajstić information content (AvgIpc) is 2.67. The number of halogens is 1. The zero-order valence-electron chi connectivity index (χ0n) is 13.4. The van der Waals surface area contributed by atoms with Crippen LogP contribution in [0, 0.1) is 6.92 Å². The van der Waals surface area contributed by atoms with Gasteiger partial charge in [0.15, 0.2) is 0 Å². The van der Waals surface area contributed by atoms with E-state index in [9.17, 15) is 0 Å². The third-order valence-corrected chi connectivity index (χ3v) is 6.07. The first-order valence-corrected chi connectivity index (χ1v) is 9.36. The summed E-state index contributed by atoms with van der Waals surface area (Å²) in [6.45, 7) is 9.92. The first-order valence-electron chi connectivity index (χ1n) is 7.52. The number of aryl methyl sites for hydroxylation is 2. The molecule has 0 amide bonds. The Morgan fingerprint density at radius 2 is 2.10 bits per heavy atom. The third kappa shape index (κ3) is 5.41. The standard InChI is InChI=1S/C15H28BrN3S/c1-6-8-17-13(10-20-11(3)7-2)9-14-15(16)12(4)18-19(14)5/h11,13,17H,6-10H2,1-5H3. The second-order valence-corrected chi connectivity index (χ2v) is 7.64. The van der Waals surface area contributed by atoms with Crippen molar-refractivity contribution in [1.29, 1.82) is 0 Å². The van der Waals surface area contributed by atoms with Crippen LogP contribution in [0.15, 0.2) is 4.47 Å². The van der Waals surface area contributed by atoms with Crippen molar-refractivity contribution in [2.75, 3.05) is 12.3 Å². The lowest BCUT2D eigenvalue weighted by molar-refractivity contribution is 0.530. The Hall–Kier alpha value is 0. The summed E-state index contributed by atoms with van der Waals surface area (Å²) in [5.41, 5.74) is 2.37. The molecule has 0 fully saturated rings. The lowest BCUT2D eigenvalue weighted by Crippen LogP contribution is -2.35. The highest BCUT2D eigenvalue weighted by molar-refractivity contribution is 9.10. The molecular weight excluding hydrogens is 334 g/mol. The molecule has 0 spiro atoms. The summed E-state index contributed by atoms with van der Waals surface area (Å²) in [5, 5.41) is 8.90. The van der Waals surface area contributed by atoms with Gasteiger partial charge in [0.05, 0.1) is 15.9 Å². The van der Waals surface area contributed by atoms with Crippen LogP contribution in [0.1, 0.15) is 45.0 Å². The van der Waals surface area contributed by atoms with Gasteiger partial charge in [-0.2, -0.15) is 16.9 Å². The normalized spacial score (nSPS) is 14.5. The van der Waals surface area contributed by atoms with Gasteiger partial charge in [0.2, 0.25) is 0 Å². The molecule has 2 atom stereocenters. The van der Waals surface area contributed by atoms with Crippen LogP contribution in [-0.4, -0.2) is 33.4 Å². The number of hydrogen-bond acceptors (Lipinski definition) is 3. The van der Waals surface area contributed by atoms with Crippen molar-refractivity contribution < 1.29 is 0 Å². The van der Waals surface area contributed by atoms with Gasteiger partial charge in [-0.1, -0.05) is 20.8 Å². The van der Waals surface area contributed by atoms with Gasteiger partial charge in [-0.05, 0) is 42.2 Å². The summed E-state index contributed by atoms with van der Waals surface area (Å²) >= 11 is 5.74. The number of rotatable bonds is 9. The van der Waals surface area contributed by atoms with Crippen LogP contribution in [-0.2, 0) is 13.5 Å². The van der Waals surface area contributed by atoms with Crippen LogP contribution in [0.5, 0.6) is 0 Å². The van der Waals surface area contributed by atoms with Crippen LogP contribution >= 0.6 is 27.7 Å². The maximum Gasteiger partial charge on any atom is 0.0738 e. The summed E-state index contributed by atoms with van der Waals surface area (Å²) in [5.74, 6) is 1.16. The fourth-order valence-corrected chi connectivity index (χ4v) is 3.60. The van der Waals surface area contributed by atoms with Gasteiger partial charge in [-0.3, -0.25) is 4.68 Å². The van der Waals surface area contributed by atoms with E-state index < -0.39 is 0 Å². The van der Waals surface area contributed by atoms with Crippen molar-refractivity contribution >= 4 is 27.7 Å². The molecule has 1 N–H and O–H groups in total. The number of nitrogens with zero attached hydrogens (tertiary/aromatic N) is 2. The largest absolute Gasteiger partial charge is 0.313 e. The highest BCUT2D eigenvalue weighted by Crippen LogP contribution is 2.23. The third-order valence-electron chi connectivity index (χ3n) is 3.54. The lowest BCUT2D eigenvalue weighted by Gasteiger charge is -2.20. The number of hydrogen-bond donors (Lipinski definition) is 1. The number of aromatic nitrogens is 2. The Kier molecular flexibility index (Phi) is 8.22. The fraction of sp³-hybridized carbons (Fsp3) is 0.800. The van der Waals surface area contributed by atoms with E-state index in [1.54, 1.807) is 0 Å². The van der Waals surface area contributed by atoms with Gasteiger partial charge >= 0.3 is 0 Å². The highest BCUT2D eigenvalue weighted by atomic mass is 79.9. The molecule has 0 bridgehead atoms. The molecule has 5 heteroatoms. The molecule has 3 nitrogen and oxygen atoms in total. The maximum atomic E-state index is 4.49. The van der Waals surface area contributed by atoms with Gasteiger partial charge in [0.1, 0.15) is 0 Å². The molecule has 0 aliphatic heterocycles. The number of thioether (sulfide) groups is 1. The summed E-state index contributed by atoms with van der Waals surface area (Å²) in [4.78, 5) is 0. The van der Waals surface area contributed by atoms with E-state index in [0.29, 0.717) is 6.04 Å². The zero-order valence-corrected chi connectivity index (χ0v) is 15.8. The van der Waals surface area contributed by atoms with Gasteiger partial charge < -0.3 is 5.32 Å². The molecule has 0 radical (unpaired) electrons. The quantitative estimate of drug-likeness (QED) is 0.722. The first-order chi connectivity index (χ1) is 9.49. The highest BCUT2D eigenvalue weighted by Gasteiger charge is 2.17. The van der Waals surface area contributed by atoms with Gasteiger partial charge in [-0.25, -0.2) is 0 Å². The zero-order chi connectivity index (χ0) is 15.1. The van der Waals surface area contributed by atoms with Crippen molar-refractivity contribution in [3.8, 4) is 0 Å². The molecule has 0 aliphatic carbocycles. The van der Waals surface area contributed by atoms with Crippen LogP contribution in [0.25, 0.3) is 0 Å². The number of nitrogens with one attached hydrogen (secondary N) is 1. The monoisotopic (exact) mass is 361 g/mol. The minimum absolute atomic E-state index is 0.514. The van der Waals surface area contributed by atoms with Crippen LogP contribution in [0.3, 0.4) is 0 Å². The molecule has 1 aromatic rings. The second-order valence-electron chi connectivity index (χ2n) is 5.38. The molecular formula is C15H28BrN3S. The summed E-state index contributed by atoms with van der Waals surface area (Å²) in [6, 6.07) is 0.514. The van der Waals surface area contributed by atoms with E-state index in [-0.39, 0.29) is 0 Å². The van der Waals surface area contributed by atoms with E-state index in [0.717, 1.165) is 34.1 Å². The van der Waals surface area contributed by atoms with Crippen molar-refractivity contribution in [3.63, 3.8) is 0 Å². The topological polar surface area (TPSA) is 29.9 Å². The summed E-state index contributed by atoms with van der Waals surface area (Å²) in [7, 11) is 2.03. The van der Waals surface area contributed by atoms with E-state index in [1.165, 1.54) is 18.5 Å². The van der Waals surface area contributed by atoms with Crippen LogP contribution in [0.2, 0.25) is 0 Å². The Balaban J connectivity index is 2.67.